The number of hydrogen-bond acceptors (Lipinski definition) is 4. The van der Waals surface area contributed by atoms with E-state index in [2.05, 4.69) is 47.5 Å². The third-order valence-corrected chi connectivity index (χ3v) is 4.69. The Labute approximate surface area is 166 Å². The van der Waals surface area contributed by atoms with Gasteiger partial charge in [-0.3, -0.25) is 4.79 Å². The highest BCUT2D eigenvalue weighted by atomic mass is 32.2. The van der Waals surface area contributed by atoms with Gasteiger partial charge >= 0.3 is 5.97 Å². The maximum absolute atomic E-state index is 11.9. The summed E-state index contributed by atoms with van der Waals surface area (Å²) in [5.74, 6) is 0.659. The van der Waals surface area contributed by atoms with Crippen LogP contribution in [0.4, 0.5) is 5.69 Å². The van der Waals surface area contributed by atoms with E-state index in [9.17, 15) is 4.79 Å². The fourth-order valence-corrected chi connectivity index (χ4v) is 3.22. The van der Waals surface area contributed by atoms with E-state index < -0.39 is 5.60 Å². The molecule has 2 rings (SSSR count). The van der Waals surface area contributed by atoms with Crippen molar-refractivity contribution in [2.45, 2.75) is 43.9 Å². The summed E-state index contributed by atoms with van der Waals surface area (Å²) in [6, 6.07) is 16.7. The van der Waals surface area contributed by atoms with Crippen molar-refractivity contribution in [3.8, 4) is 0 Å². The molecule has 0 saturated carbocycles. The van der Waals surface area contributed by atoms with E-state index in [-0.39, 0.29) is 12.5 Å². The number of esters is 1. The summed E-state index contributed by atoms with van der Waals surface area (Å²) < 4.78 is 5.33. The van der Waals surface area contributed by atoms with Crippen LogP contribution in [0, 0.1) is 6.92 Å². The van der Waals surface area contributed by atoms with Crippen LogP contribution in [0.25, 0.3) is 0 Å². The molecule has 0 N–H and O–H groups in total. The first-order valence-corrected chi connectivity index (χ1v) is 9.95. The van der Waals surface area contributed by atoms with Crippen LogP contribution in [0.2, 0.25) is 0 Å². The van der Waals surface area contributed by atoms with Gasteiger partial charge in [-0.15, -0.1) is 11.8 Å². The number of likely N-dealkylation sites (N-methyl/N-ethyl adjacent to an activating group) is 1. The first kappa shape index (κ1) is 21.0. The summed E-state index contributed by atoms with van der Waals surface area (Å²) in [4.78, 5) is 19.3. The number of benzene rings is 2. The van der Waals surface area contributed by atoms with Gasteiger partial charge in [-0.1, -0.05) is 36.4 Å². The number of aliphatic imine (C=N–C) groups is 1. The van der Waals surface area contributed by atoms with Crippen molar-refractivity contribution >= 4 is 29.8 Å². The molecular weight excluding hydrogens is 356 g/mol. The Kier molecular flexibility index (Phi) is 7.48. The summed E-state index contributed by atoms with van der Waals surface area (Å²) in [6.45, 7) is 7.79. The number of rotatable bonds is 7. The maximum atomic E-state index is 11.9. The van der Waals surface area contributed by atoms with Gasteiger partial charge in [0.2, 0.25) is 0 Å². The van der Waals surface area contributed by atoms with Gasteiger partial charge in [0, 0.05) is 17.7 Å². The molecule has 144 valence electrons. The van der Waals surface area contributed by atoms with Gasteiger partial charge in [0.1, 0.15) is 12.1 Å². The van der Waals surface area contributed by atoms with Crippen molar-refractivity contribution in [1.29, 1.82) is 0 Å². The molecule has 0 aliphatic rings. The van der Waals surface area contributed by atoms with Crippen molar-refractivity contribution in [3.05, 3.63) is 59.7 Å². The smallest absolute Gasteiger partial charge is 0.326 e. The van der Waals surface area contributed by atoms with Crippen molar-refractivity contribution in [2.75, 3.05) is 13.6 Å². The molecule has 0 fully saturated rings. The van der Waals surface area contributed by atoms with Gasteiger partial charge in [-0.25, -0.2) is 4.99 Å². The van der Waals surface area contributed by atoms with E-state index in [1.165, 1.54) is 10.5 Å². The quantitative estimate of drug-likeness (QED) is 0.284. The zero-order valence-electron chi connectivity index (χ0n) is 16.7. The maximum Gasteiger partial charge on any atom is 0.326 e. The molecule has 0 bridgehead atoms. The zero-order valence-corrected chi connectivity index (χ0v) is 17.5. The molecule has 0 spiro atoms. The van der Waals surface area contributed by atoms with Crippen molar-refractivity contribution in [2.24, 2.45) is 4.99 Å². The molecule has 0 saturated heterocycles. The van der Waals surface area contributed by atoms with Crippen LogP contribution in [0.1, 0.15) is 31.9 Å². The highest BCUT2D eigenvalue weighted by Crippen LogP contribution is 2.28. The van der Waals surface area contributed by atoms with E-state index in [0.29, 0.717) is 0 Å². The molecular formula is C22H28N2O2S. The fraction of sp³-hybridized carbons (Fsp3) is 0.364. The van der Waals surface area contributed by atoms with E-state index in [4.69, 9.17) is 4.74 Å². The monoisotopic (exact) mass is 384 g/mol. The molecule has 0 amide bonds. The van der Waals surface area contributed by atoms with Gasteiger partial charge in [0.05, 0.1) is 12.0 Å². The second kappa shape index (κ2) is 9.60. The largest absolute Gasteiger partial charge is 0.459 e. The first-order valence-electron chi connectivity index (χ1n) is 8.96. The lowest BCUT2D eigenvalue weighted by atomic mass is 10.2. The zero-order chi connectivity index (χ0) is 19.9. The Morgan fingerprint density at radius 1 is 1.19 bits per heavy atom. The second-order valence-corrected chi connectivity index (χ2v) is 8.52. The normalized spacial score (nSPS) is 11.6. The molecule has 2 aromatic carbocycles. The van der Waals surface area contributed by atoms with Gasteiger partial charge in [-0.05, 0) is 51.0 Å². The second-order valence-electron chi connectivity index (χ2n) is 7.47. The molecule has 0 atom stereocenters. The minimum Gasteiger partial charge on any atom is -0.459 e. The fourth-order valence-electron chi connectivity index (χ4n) is 2.34. The predicted octanol–water partition coefficient (Wildman–Crippen LogP) is 5.22. The number of carbonyl (C=O) groups excluding carboxylic acids is 1. The van der Waals surface area contributed by atoms with Crippen LogP contribution in [-0.2, 0) is 15.3 Å². The number of carbonyl (C=O) groups is 1. The molecule has 4 nitrogen and oxygen atoms in total. The van der Waals surface area contributed by atoms with Crippen LogP contribution in [0.3, 0.4) is 0 Å². The molecule has 0 aromatic heterocycles. The van der Waals surface area contributed by atoms with Gasteiger partial charge in [-0.2, -0.15) is 0 Å². The summed E-state index contributed by atoms with van der Waals surface area (Å²) in [7, 11) is 1.82. The van der Waals surface area contributed by atoms with E-state index in [1.54, 1.807) is 23.0 Å². The van der Waals surface area contributed by atoms with Crippen LogP contribution >= 0.6 is 11.8 Å². The van der Waals surface area contributed by atoms with Crippen molar-refractivity contribution in [1.82, 2.24) is 4.90 Å². The first-order chi connectivity index (χ1) is 12.7. The lowest BCUT2D eigenvalue weighted by Gasteiger charge is -2.21. The van der Waals surface area contributed by atoms with Gasteiger partial charge in [0.25, 0.3) is 0 Å². The highest BCUT2D eigenvalue weighted by Gasteiger charge is 2.16. The Morgan fingerprint density at radius 3 is 2.56 bits per heavy atom. The summed E-state index contributed by atoms with van der Waals surface area (Å²) in [5, 5.41) is 0. The summed E-state index contributed by atoms with van der Waals surface area (Å²) in [6.07, 6.45) is 1.68. The Bertz CT molecular complexity index is 783. The molecule has 0 radical (unpaired) electrons. The minimum atomic E-state index is -0.476. The lowest BCUT2D eigenvalue weighted by molar-refractivity contribution is -0.154. The Morgan fingerprint density at radius 2 is 1.89 bits per heavy atom. The lowest BCUT2D eigenvalue weighted by Crippen LogP contribution is -2.32. The average Bonchev–Trinajstić information content (AvgIpc) is 2.59. The van der Waals surface area contributed by atoms with E-state index >= 15 is 0 Å². The standard InChI is InChI=1S/C22H28N2O2S/c1-17-11-12-19(27-15-18-9-7-6-8-10-18)13-20(17)23-16-24(5)14-21(25)26-22(2,3)4/h6-13,16H,14-15H2,1-5H3. The predicted molar refractivity (Wildman–Crippen MR) is 114 cm³/mol. The molecule has 2 aromatic rings. The molecule has 0 aliphatic carbocycles. The molecule has 0 unspecified atom stereocenters. The SMILES string of the molecule is Cc1ccc(SCc2ccccc2)cc1N=CN(C)CC(=O)OC(C)(C)C. The minimum absolute atomic E-state index is 0.169. The third kappa shape index (κ3) is 7.87. The summed E-state index contributed by atoms with van der Waals surface area (Å²) >= 11 is 1.79. The van der Waals surface area contributed by atoms with Crippen LogP contribution in [0.15, 0.2) is 58.4 Å². The third-order valence-electron chi connectivity index (χ3n) is 3.62. The number of thioether (sulfide) groups is 1. The summed E-state index contributed by atoms with van der Waals surface area (Å²) in [5.41, 5.74) is 2.82. The van der Waals surface area contributed by atoms with Crippen LogP contribution in [-0.4, -0.2) is 36.4 Å². The van der Waals surface area contributed by atoms with E-state index in [1.807, 2.05) is 40.8 Å². The molecule has 0 aliphatic heterocycles. The number of ether oxygens (including phenoxy) is 1. The number of hydrogen-bond donors (Lipinski definition) is 0. The van der Waals surface area contributed by atoms with Crippen LogP contribution in [0.5, 0.6) is 0 Å². The van der Waals surface area contributed by atoms with Gasteiger partial charge in [0.15, 0.2) is 0 Å². The van der Waals surface area contributed by atoms with Gasteiger partial charge < -0.3 is 9.64 Å². The molecule has 5 heteroatoms. The highest BCUT2D eigenvalue weighted by molar-refractivity contribution is 7.98. The number of nitrogens with zero attached hydrogens (tertiary/aromatic N) is 2. The van der Waals surface area contributed by atoms with Crippen molar-refractivity contribution in [3.63, 3.8) is 0 Å². The molecule has 0 heterocycles. The Balaban J connectivity index is 1.96. The van der Waals surface area contributed by atoms with Crippen LogP contribution < -0.4 is 0 Å². The molecule has 27 heavy (non-hydrogen) atoms. The average molecular weight is 385 g/mol. The topological polar surface area (TPSA) is 41.9 Å². The number of aryl methyl sites for hydroxylation is 1. The van der Waals surface area contributed by atoms with E-state index in [0.717, 1.165) is 17.0 Å². The Hall–Kier alpha value is -2.27. The van der Waals surface area contributed by atoms with Crippen molar-refractivity contribution < 1.29 is 9.53 Å².